The lowest BCUT2D eigenvalue weighted by Gasteiger charge is -2.13. The predicted octanol–water partition coefficient (Wildman–Crippen LogP) is 2.07. The van der Waals surface area contributed by atoms with Crippen molar-refractivity contribution in [3.8, 4) is 0 Å². The first-order valence-electron chi connectivity index (χ1n) is 9.48. The Morgan fingerprint density at radius 2 is 1.73 bits per heavy atom. The SMILES string of the molecule is COCC(C)NS(=O)(=O)c1ccc(NC(=O)CCNC(=O)c2ccccc2C)cc1. The second-order valence-corrected chi connectivity index (χ2v) is 8.59. The third-order valence-electron chi connectivity index (χ3n) is 4.25. The van der Waals surface area contributed by atoms with Crippen LogP contribution in [0, 0.1) is 6.92 Å². The van der Waals surface area contributed by atoms with Gasteiger partial charge < -0.3 is 15.4 Å². The van der Waals surface area contributed by atoms with Crippen LogP contribution < -0.4 is 15.4 Å². The van der Waals surface area contributed by atoms with Gasteiger partial charge in [0.1, 0.15) is 0 Å². The molecule has 9 heteroatoms. The maximum Gasteiger partial charge on any atom is 0.251 e. The lowest BCUT2D eigenvalue weighted by Crippen LogP contribution is -2.35. The van der Waals surface area contributed by atoms with Gasteiger partial charge in [-0.25, -0.2) is 13.1 Å². The van der Waals surface area contributed by atoms with Crippen LogP contribution in [0.4, 0.5) is 5.69 Å². The van der Waals surface area contributed by atoms with Gasteiger partial charge in [-0.2, -0.15) is 0 Å². The molecule has 0 radical (unpaired) electrons. The molecule has 0 saturated carbocycles. The largest absolute Gasteiger partial charge is 0.383 e. The second-order valence-electron chi connectivity index (χ2n) is 6.87. The zero-order chi connectivity index (χ0) is 22.1. The van der Waals surface area contributed by atoms with Crippen LogP contribution in [0.25, 0.3) is 0 Å². The number of ether oxygens (including phenoxy) is 1. The summed E-state index contributed by atoms with van der Waals surface area (Å²) >= 11 is 0. The average Bonchev–Trinajstić information content (AvgIpc) is 2.68. The van der Waals surface area contributed by atoms with E-state index in [1.54, 1.807) is 19.1 Å². The summed E-state index contributed by atoms with van der Waals surface area (Å²) < 4.78 is 32.0. The molecule has 0 bridgehead atoms. The number of sulfonamides is 1. The van der Waals surface area contributed by atoms with Crippen molar-refractivity contribution in [3.05, 3.63) is 59.7 Å². The lowest BCUT2D eigenvalue weighted by molar-refractivity contribution is -0.116. The molecule has 0 aliphatic carbocycles. The number of amides is 2. The van der Waals surface area contributed by atoms with E-state index in [4.69, 9.17) is 4.74 Å². The zero-order valence-corrected chi connectivity index (χ0v) is 18.1. The second kappa shape index (κ2) is 10.9. The van der Waals surface area contributed by atoms with Crippen LogP contribution in [0.5, 0.6) is 0 Å². The maximum atomic E-state index is 12.3. The van der Waals surface area contributed by atoms with E-state index in [0.29, 0.717) is 11.3 Å². The molecular weight excluding hydrogens is 406 g/mol. The molecule has 0 heterocycles. The Kier molecular flexibility index (Phi) is 8.52. The van der Waals surface area contributed by atoms with Gasteiger partial charge >= 0.3 is 0 Å². The van der Waals surface area contributed by atoms with Crippen LogP contribution in [-0.4, -0.2) is 46.5 Å². The van der Waals surface area contributed by atoms with Crippen molar-refractivity contribution in [2.24, 2.45) is 0 Å². The first-order chi connectivity index (χ1) is 14.2. The Labute approximate surface area is 177 Å². The van der Waals surface area contributed by atoms with Gasteiger partial charge in [0.2, 0.25) is 15.9 Å². The Hall–Kier alpha value is -2.75. The first kappa shape index (κ1) is 23.5. The molecule has 162 valence electrons. The minimum absolute atomic E-state index is 0.0910. The summed E-state index contributed by atoms with van der Waals surface area (Å²) in [5.41, 5.74) is 1.90. The number of carbonyl (C=O) groups excluding carboxylic acids is 2. The van der Waals surface area contributed by atoms with Gasteiger partial charge in [0.05, 0.1) is 11.5 Å². The van der Waals surface area contributed by atoms with Crippen LogP contribution in [0.1, 0.15) is 29.3 Å². The molecule has 3 N–H and O–H groups in total. The predicted molar refractivity (Wildman–Crippen MR) is 115 cm³/mol. The maximum absolute atomic E-state index is 12.3. The highest BCUT2D eigenvalue weighted by Gasteiger charge is 2.17. The average molecular weight is 434 g/mol. The summed E-state index contributed by atoms with van der Waals surface area (Å²) in [5, 5.41) is 5.40. The number of aryl methyl sites for hydroxylation is 1. The van der Waals surface area contributed by atoms with E-state index >= 15 is 0 Å². The minimum atomic E-state index is -3.67. The fourth-order valence-electron chi connectivity index (χ4n) is 2.77. The number of anilines is 1. The summed E-state index contributed by atoms with van der Waals surface area (Å²) in [7, 11) is -2.17. The van der Waals surface area contributed by atoms with Crippen LogP contribution in [0.15, 0.2) is 53.4 Å². The molecule has 2 rings (SSSR count). The molecule has 0 aliphatic heterocycles. The quantitative estimate of drug-likeness (QED) is 0.531. The van der Waals surface area contributed by atoms with Crippen molar-refractivity contribution in [1.29, 1.82) is 0 Å². The molecule has 1 unspecified atom stereocenters. The third-order valence-corrected chi connectivity index (χ3v) is 5.85. The first-order valence-corrected chi connectivity index (χ1v) is 11.0. The summed E-state index contributed by atoms with van der Waals surface area (Å²) in [6, 6.07) is 12.7. The molecule has 2 aromatic carbocycles. The van der Waals surface area contributed by atoms with Crippen LogP contribution in [0.2, 0.25) is 0 Å². The van der Waals surface area contributed by atoms with Crippen molar-refractivity contribution < 1.29 is 22.7 Å². The van der Waals surface area contributed by atoms with Crippen molar-refractivity contribution in [2.75, 3.05) is 25.6 Å². The Bertz CT molecular complexity index is 974. The summed E-state index contributed by atoms with van der Waals surface area (Å²) in [5.74, 6) is -0.520. The molecule has 0 aromatic heterocycles. The monoisotopic (exact) mass is 433 g/mol. The molecule has 0 saturated heterocycles. The lowest BCUT2D eigenvalue weighted by atomic mass is 10.1. The van der Waals surface area contributed by atoms with Gasteiger partial charge in [0.25, 0.3) is 5.91 Å². The third kappa shape index (κ3) is 6.94. The fraction of sp³-hybridized carbons (Fsp3) is 0.333. The molecule has 0 aliphatic rings. The number of rotatable bonds is 10. The van der Waals surface area contributed by atoms with Crippen molar-refractivity contribution in [2.45, 2.75) is 31.2 Å². The highest BCUT2D eigenvalue weighted by atomic mass is 32.2. The van der Waals surface area contributed by atoms with Gasteiger partial charge in [-0.15, -0.1) is 0 Å². The van der Waals surface area contributed by atoms with E-state index < -0.39 is 10.0 Å². The molecule has 2 aromatic rings. The van der Waals surface area contributed by atoms with Crippen LogP contribution in [-0.2, 0) is 19.6 Å². The summed E-state index contributed by atoms with van der Waals surface area (Å²) in [6.07, 6.45) is 0.0910. The van der Waals surface area contributed by atoms with E-state index in [2.05, 4.69) is 15.4 Å². The van der Waals surface area contributed by atoms with Crippen LogP contribution >= 0.6 is 0 Å². The van der Waals surface area contributed by atoms with E-state index in [1.165, 1.54) is 31.4 Å². The number of benzene rings is 2. The van der Waals surface area contributed by atoms with E-state index in [1.807, 2.05) is 19.1 Å². The molecular formula is C21H27N3O5S. The standard InChI is InChI=1S/C21H27N3O5S/c1-15-6-4-5-7-19(15)21(26)22-13-12-20(25)23-17-8-10-18(11-9-17)30(27,28)24-16(2)14-29-3/h4-11,16,24H,12-14H2,1-3H3,(H,22,26)(H,23,25). The van der Waals surface area contributed by atoms with Gasteiger partial charge in [-0.3, -0.25) is 9.59 Å². The fourth-order valence-corrected chi connectivity index (χ4v) is 4.00. The number of hydrogen-bond acceptors (Lipinski definition) is 5. The normalized spacial score (nSPS) is 12.2. The van der Waals surface area contributed by atoms with E-state index in [9.17, 15) is 18.0 Å². The van der Waals surface area contributed by atoms with Gasteiger partial charge in [-0.05, 0) is 49.7 Å². The van der Waals surface area contributed by atoms with Crippen molar-refractivity contribution >= 4 is 27.5 Å². The molecule has 8 nitrogen and oxygen atoms in total. The van der Waals surface area contributed by atoms with Gasteiger partial charge in [0.15, 0.2) is 0 Å². The highest BCUT2D eigenvalue weighted by Crippen LogP contribution is 2.15. The molecule has 0 spiro atoms. The van der Waals surface area contributed by atoms with Crippen molar-refractivity contribution in [3.63, 3.8) is 0 Å². The van der Waals surface area contributed by atoms with E-state index in [-0.39, 0.29) is 42.3 Å². The topological polar surface area (TPSA) is 114 Å². The number of methoxy groups -OCH3 is 1. The Morgan fingerprint density at radius 1 is 1.07 bits per heavy atom. The summed E-state index contributed by atoms with van der Waals surface area (Å²) in [4.78, 5) is 24.3. The zero-order valence-electron chi connectivity index (χ0n) is 17.3. The van der Waals surface area contributed by atoms with E-state index in [0.717, 1.165) is 5.56 Å². The van der Waals surface area contributed by atoms with Crippen molar-refractivity contribution in [1.82, 2.24) is 10.0 Å². The van der Waals surface area contributed by atoms with Crippen LogP contribution in [0.3, 0.4) is 0 Å². The minimum Gasteiger partial charge on any atom is -0.383 e. The van der Waals surface area contributed by atoms with Gasteiger partial charge in [-0.1, -0.05) is 18.2 Å². The molecule has 2 amide bonds. The molecule has 0 fully saturated rings. The molecule has 1 atom stereocenters. The highest BCUT2D eigenvalue weighted by molar-refractivity contribution is 7.89. The number of carbonyl (C=O) groups is 2. The Morgan fingerprint density at radius 3 is 2.37 bits per heavy atom. The van der Waals surface area contributed by atoms with Gasteiger partial charge in [0, 0.05) is 37.4 Å². The number of hydrogen-bond donors (Lipinski definition) is 3. The summed E-state index contributed by atoms with van der Waals surface area (Å²) in [6.45, 7) is 3.99. The number of nitrogens with one attached hydrogen (secondary N) is 3. The molecule has 30 heavy (non-hydrogen) atoms. The smallest absolute Gasteiger partial charge is 0.251 e. The Balaban J connectivity index is 1.84.